The smallest absolute Gasteiger partial charge is 0.356 e. The summed E-state index contributed by atoms with van der Waals surface area (Å²) in [6.45, 7) is 0.281. The number of pyridine rings is 1. The van der Waals surface area contributed by atoms with E-state index in [1.165, 1.54) is 0 Å². The predicted octanol–water partition coefficient (Wildman–Crippen LogP) is 3.86. The van der Waals surface area contributed by atoms with Gasteiger partial charge in [0, 0.05) is 19.8 Å². The summed E-state index contributed by atoms with van der Waals surface area (Å²) in [5.41, 5.74) is 2.57. The highest BCUT2D eigenvalue weighted by molar-refractivity contribution is 7.17. The van der Waals surface area contributed by atoms with E-state index in [1.54, 1.807) is 60.5 Å². The Balaban J connectivity index is 1.52. The number of fused-ring (bicyclic) bond motifs is 1. The lowest BCUT2D eigenvalue weighted by Crippen LogP contribution is -2.32. The van der Waals surface area contributed by atoms with Crippen molar-refractivity contribution in [1.82, 2.24) is 14.9 Å². The van der Waals surface area contributed by atoms with Gasteiger partial charge in [0.1, 0.15) is 11.4 Å². The van der Waals surface area contributed by atoms with E-state index in [2.05, 4.69) is 10.3 Å². The van der Waals surface area contributed by atoms with Crippen LogP contribution in [0.4, 0.5) is 0 Å². The van der Waals surface area contributed by atoms with Gasteiger partial charge in [-0.3, -0.25) is 9.78 Å². The summed E-state index contributed by atoms with van der Waals surface area (Å²) in [5.74, 6) is -0.294. The van der Waals surface area contributed by atoms with Gasteiger partial charge in [0.15, 0.2) is 0 Å². The number of aryl methyl sites for hydroxylation is 1. The fourth-order valence-corrected chi connectivity index (χ4v) is 4.07. The molecule has 3 heterocycles. The molecule has 1 atom stereocenters. The highest BCUT2D eigenvalue weighted by atomic mass is 32.1. The molecule has 0 fully saturated rings. The monoisotopic (exact) mass is 435 g/mol. The van der Waals surface area contributed by atoms with Crippen LogP contribution in [0, 0.1) is 0 Å². The van der Waals surface area contributed by atoms with E-state index in [1.807, 2.05) is 35.7 Å². The molecule has 1 N–H and O–H groups in total. The first-order chi connectivity index (χ1) is 15.1. The van der Waals surface area contributed by atoms with E-state index in [-0.39, 0.29) is 6.54 Å². The van der Waals surface area contributed by atoms with Crippen LogP contribution in [0.15, 0.2) is 66.2 Å². The Morgan fingerprint density at radius 2 is 1.97 bits per heavy atom. The van der Waals surface area contributed by atoms with E-state index in [0.717, 1.165) is 21.5 Å². The fraction of sp³-hybridized carbons (Fsp3) is 0.174. The largest absolute Gasteiger partial charge is 0.497 e. The second-order valence-electron chi connectivity index (χ2n) is 6.86. The number of thiophene rings is 1. The van der Waals surface area contributed by atoms with Gasteiger partial charge in [-0.25, -0.2) is 4.79 Å². The molecule has 8 heteroatoms. The topological polar surface area (TPSA) is 82.5 Å². The van der Waals surface area contributed by atoms with Gasteiger partial charge in [-0.15, -0.1) is 11.3 Å². The molecule has 0 aliphatic carbocycles. The van der Waals surface area contributed by atoms with Gasteiger partial charge in [0.2, 0.25) is 6.10 Å². The maximum atomic E-state index is 13.0. The van der Waals surface area contributed by atoms with Crippen LogP contribution in [0.2, 0.25) is 0 Å². The van der Waals surface area contributed by atoms with Crippen molar-refractivity contribution in [3.05, 3.63) is 83.1 Å². The highest BCUT2D eigenvalue weighted by Gasteiger charge is 2.28. The van der Waals surface area contributed by atoms with Gasteiger partial charge >= 0.3 is 5.97 Å². The van der Waals surface area contributed by atoms with Crippen LogP contribution in [0.3, 0.4) is 0 Å². The molecule has 0 saturated carbocycles. The molecular weight excluding hydrogens is 414 g/mol. The normalized spacial score (nSPS) is 11.8. The number of esters is 1. The second kappa shape index (κ2) is 9.01. The molecule has 1 aromatic carbocycles. The van der Waals surface area contributed by atoms with Crippen molar-refractivity contribution >= 4 is 33.4 Å². The Kier molecular flexibility index (Phi) is 5.99. The first-order valence-electron chi connectivity index (χ1n) is 9.62. The molecule has 1 amide bonds. The Morgan fingerprint density at radius 1 is 1.16 bits per heavy atom. The third-order valence-electron chi connectivity index (χ3n) is 4.92. The van der Waals surface area contributed by atoms with Gasteiger partial charge in [-0.1, -0.05) is 18.2 Å². The lowest BCUT2D eigenvalue weighted by Gasteiger charge is -2.17. The van der Waals surface area contributed by atoms with Crippen LogP contribution >= 0.6 is 11.3 Å². The lowest BCUT2D eigenvalue weighted by molar-refractivity contribution is -0.130. The number of carbonyl (C=O) groups is 2. The minimum absolute atomic E-state index is 0.281. The van der Waals surface area contributed by atoms with Crippen molar-refractivity contribution < 1.29 is 19.1 Å². The minimum atomic E-state index is -1.17. The molecule has 0 spiro atoms. The summed E-state index contributed by atoms with van der Waals surface area (Å²) >= 11 is 1.54. The number of rotatable bonds is 7. The van der Waals surface area contributed by atoms with Crippen LogP contribution < -0.4 is 10.1 Å². The molecule has 0 bridgehead atoms. The Morgan fingerprint density at radius 3 is 2.65 bits per heavy atom. The fourth-order valence-electron chi connectivity index (χ4n) is 3.22. The van der Waals surface area contributed by atoms with Crippen LogP contribution in [0.1, 0.15) is 27.8 Å². The quantitative estimate of drug-likeness (QED) is 0.446. The highest BCUT2D eigenvalue weighted by Crippen LogP contribution is 2.26. The van der Waals surface area contributed by atoms with Crippen LogP contribution in [0.25, 0.3) is 10.2 Å². The third-order valence-corrected chi connectivity index (χ3v) is 5.77. The number of amides is 1. The van der Waals surface area contributed by atoms with Crippen molar-refractivity contribution in [3.8, 4) is 5.75 Å². The number of nitrogens with zero attached hydrogens (tertiary/aromatic N) is 2. The zero-order chi connectivity index (χ0) is 21.8. The summed E-state index contributed by atoms with van der Waals surface area (Å²) in [6, 6.07) is 16.2. The molecule has 31 heavy (non-hydrogen) atoms. The van der Waals surface area contributed by atoms with Gasteiger partial charge < -0.3 is 19.4 Å². The van der Waals surface area contributed by atoms with Crippen molar-refractivity contribution in [3.63, 3.8) is 0 Å². The van der Waals surface area contributed by atoms with Gasteiger partial charge in [-0.05, 0) is 47.3 Å². The molecule has 0 aliphatic rings. The van der Waals surface area contributed by atoms with Crippen LogP contribution in [-0.2, 0) is 23.1 Å². The number of nitrogens with one attached hydrogen (secondary N) is 1. The number of aromatic nitrogens is 2. The van der Waals surface area contributed by atoms with E-state index < -0.39 is 18.0 Å². The standard InChI is InChI=1S/C23H21N3O4S/c1-26-18-10-12-31-20(18)13-19(26)23(28)30-21(17-5-3-4-11-24-17)22(27)25-14-15-6-8-16(29-2)9-7-15/h3-13,21H,14H2,1-2H3,(H,25,27). The molecule has 0 radical (unpaired) electrons. The molecule has 0 saturated heterocycles. The zero-order valence-electron chi connectivity index (χ0n) is 17.1. The maximum Gasteiger partial charge on any atom is 0.356 e. The summed E-state index contributed by atoms with van der Waals surface area (Å²) in [6.07, 6.45) is 0.394. The van der Waals surface area contributed by atoms with Crippen molar-refractivity contribution in [2.45, 2.75) is 12.6 Å². The number of carbonyl (C=O) groups excluding carboxylic acids is 2. The summed E-state index contributed by atoms with van der Waals surface area (Å²) in [5, 5.41) is 4.79. The molecule has 4 aromatic rings. The van der Waals surface area contributed by atoms with Crippen molar-refractivity contribution in [2.75, 3.05) is 7.11 Å². The Bertz CT molecular complexity index is 1200. The van der Waals surface area contributed by atoms with E-state index in [9.17, 15) is 9.59 Å². The average Bonchev–Trinajstić information content (AvgIpc) is 3.39. The molecular formula is C23H21N3O4S. The molecule has 7 nitrogen and oxygen atoms in total. The number of hydrogen-bond donors (Lipinski definition) is 1. The lowest BCUT2D eigenvalue weighted by atomic mass is 10.2. The van der Waals surface area contributed by atoms with Gasteiger partial charge in [-0.2, -0.15) is 0 Å². The molecule has 3 aromatic heterocycles. The second-order valence-corrected chi connectivity index (χ2v) is 7.81. The predicted molar refractivity (Wildman–Crippen MR) is 118 cm³/mol. The maximum absolute atomic E-state index is 13.0. The van der Waals surface area contributed by atoms with Crippen molar-refractivity contribution in [1.29, 1.82) is 0 Å². The Hall–Kier alpha value is -3.65. The van der Waals surface area contributed by atoms with E-state index >= 15 is 0 Å². The number of methoxy groups -OCH3 is 1. The number of hydrogen-bond acceptors (Lipinski definition) is 6. The van der Waals surface area contributed by atoms with Crippen LogP contribution in [0.5, 0.6) is 5.75 Å². The number of ether oxygens (including phenoxy) is 2. The van der Waals surface area contributed by atoms with E-state index in [4.69, 9.17) is 9.47 Å². The summed E-state index contributed by atoms with van der Waals surface area (Å²) in [7, 11) is 3.39. The summed E-state index contributed by atoms with van der Waals surface area (Å²) in [4.78, 5) is 30.1. The average molecular weight is 436 g/mol. The summed E-state index contributed by atoms with van der Waals surface area (Å²) < 4.78 is 13.5. The molecule has 158 valence electrons. The molecule has 4 rings (SSSR count). The molecule has 1 unspecified atom stereocenters. The van der Waals surface area contributed by atoms with E-state index in [0.29, 0.717) is 11.4 Å². The van der Waals surface area contributed by atoms with Crippen LogP contribution in [-0.4, -0.2) is 28.5 Å². The first-order valence-corrected chi connectivity index (χ1v) is 10.5. The van der Waals surface area contributed by atoms with Crippen molar-refractivity contribution in [2.24, 2.45) is 7.05 Å². The Labute approximate surface area is 183 Å². The number of benzene rings is 1. The SMILES string of the molecule is COc1ccc(CNC(=O)C(OC(=O)c2cc3sccc3n2C)c2ccccn2)cc1. The third kappa shape index (κ3) is 4.44. The minimum Gasteiger partial charge on any atom is -0.497 e. The molecule has 0 aliphatic heterocycles. The first kappa shape index (κ1) is 20.6. The van der Waals surface area contributed by atoms with Gasteiger partial charge in [0.05, 0.1) is 23.0 Å². The zero-order valence-corrected chi connectivity index (χ0v) is 17.9. The van der Waals surface area contributed by atoms with Gasteiger partial charge in [0.25, 0.3) is 5.91 Å².